The van der Waals surface area contributed by atoms with E-state index in [1.807, 2.05) is 103 Å². The van der Waals surface area contributed by atoms with E-state index in [1.54, 1.807) is 28.7 Å². The molecule has 2 saturated heterocycles. The Hall–Kier alpha value is -5.34. The molecule has 9 nitrogen and oxygen atoms in total. The van der Waals surface area contributed by atoms with Gasteiger partial charge in [-0.3, -0.25) is 0 Å². The minimum absolute atomic E-state index is 0. The van der Waals surface area contributed by atoms with Crippen molar-refractivity contribution in [3.63, 3.8) is 0 Å². The summed E-state index contributed by atoms with van der Waals surface area (Å²) < 4.78 is 6.97. The molecule has 0 aliphatic carbocycles. The van der Waals surface area contributed by atoms with E-state index in [4.69, 9.17) is 91.0 Å². The van der Waals surface area contributed by atoms with Crippen LogP contribution in [0.15, 0.2) is 109 Å². The van der Waals surface area contributed by atoms with Gasteiger partial charge in [0.1, 0.15) is 11.5 Å². The summed E-state index contributed by atoms with van der Waals surface area (Å²) in [5, 5.41) is 2.30. The van der Waals surface area contributed by atoms with Gasteiger partial charge in [-0.1, -0.05) is 91.0 Å². The summed E-state index contributed by atoms with van der Waals surface area (Å²) in [6, 6.07) is 35.5. The topological polar surface area (TPSA) is 115 Å². The normalized spacial score (nSPS) is 19.9. The smallest absolute Gasteiger partial charge is 0.457 e. The zero-order valence-electron chi connectivity index (χ0n) is 35.6. The molecule has 0 spiro atoms. The van der Waals surface area contributed by atoms with Gasteiger partial charge >= 0.3 is 19.5 Å². The first-order chi connectivity index (χ1) is 31.7. The summed E-state index contributed by atoms with van der Waals surface area (Å²) in [5.74, 6) is 2.73. The van der Waals surface area contributed by atoms with E-state index >= 15 is 0 Å². The average Bonchev–Trinajstić information content (AvgIpc) is 3.65. The molecule has 2 fully saturated rings. The van der Waals surface area contributed by atoms with Crippen molar-refractivity contribution in [1.82, 2.24) is 39.9 Å². The molecule has 4 atom stereocenters. The van der Waals surface area contributed by atoms with Crippen LogP contribution in [-0.4, -0.2) is 118 Å². The van der Waals surface area contributed by atoms with Crippen molar-refractivity contribution < 1.29 is 24.2 Å². The molecular weight excluding hydrogens is 853 g/mol. The number of rotatable bonds is 10. The molecule has 3 aromatic heterocycles. The fraction of sp³-hybridized carbons (Fsp3) is 0.136. The van der Waals surface area contributed by atoms with Gasteiger partial charge < -0.3 is 29.7 Å². The maximum atomic E-state index is 6.97. The second kappa shape index (κ2) is 16.5. The molecule has 0 saturated carbocycles. The van der Waals surface area contributed by atoms with Crippen LogP contribution in [0.3, 0.4) is 0 Å². The van der Waals surface area contributed by atoms with Gasteiger partial charge in [0.05, 0.1) is 44.8 Å². The standard InChI is InChI=1S/C44H24B12N8O.Zn/c45-51-41-43(53-47,55(41)49)19-21-16-22(20-44(54-48)42(52-46)56(44)50)18-23(17-21)65-31-15-7-14-30-32(31)40-63-38-29-13-6-5-12-28(29)36(61-38)59-34-25-9-2-1-8-24(25)33(57-34)58-35-26-10-3-4-11-27(26)37(60-35)62-39(30)64-40;/h1-18,41-42H,19-20H2;/q-2;+2/i51+0,52+0,53+0,54+0,55+0,56+0;. The molecule has 4 unspecified atom stereocenters. The van der Waals surface area contributed by atoms with Crippen LogP contribution < -0.4 is 14.7 Å². The number of aromatic nitrogens is 8. The molecule has 284 valence electrons. The van der Waals surface area contributed by atoms with Gasteiger partial charge in [0.2, 0.25) is 0 Å². The molecule has 0 amide bonds. The molecule has 12 rings (SSSR count). The molecule has 22 heteroatoms. The minimum atomic E-state index is -0.510. The number of hydrogen-bond acceptors (Lipinski definition) is 7. The van der Waals surface area contributed by atoms with Crippen molar-refractivity contribution in [1.29, 1.82) is 0 Å². The summed E-state index contributed by atoms with van der Waals surface area (Å²) in [6.07, 6.45) is 1.07. The Morgan fingerprint density at radius 2 is 0.939 bits per heavy atom. The van der Waals surface area contributed by atoms with Crippen molar-refractivity contribution in [2.45, 2.75) is 34.7 Å². The van der Waals surface area contributed by atoms with E-state index in [-0.39, 0.29) is 44.1 Å². The molecule has 7 heterocycles. The van der Waals surface area contributed by atoms with Crippen molar-refractivity contribution >= 4 is 132 Å². The third kappa shape index (κ3) is 6.78. The van der Waals surface area contributed by atoms with Crippen molar-refractivity contribution in [2.75, 3.05) is 0 Å². The second-order valence-corrected chi connectivity index (χ2v) is 17.3. The van der Waals surface area contributed by atoms with Crippen LogP contribution in [0.5, 0.6) is 11.5 Å². The van der Waals surface area contributed by atoms with E-state index in [9.17, 15) is 0 Å². The van der Waals surface area contributed by atoms with E-state index in [0.717, 1.165) is 43.8 Å². The van der Waals surface area contributed by atoms with Crippen LogP contribution >= 0.6 is 0 Å². The van der Waals surface area contributed by atoms with E-state index in [0.29, 0.717) is 81.4 Å². The molecule has 5 aromatic carbocycles. The number of hydrogen-bond donors (Lipinski definition) is 0. The Labute approximate surface area is 406 Å². The quantitative estimate of drug-likeness (QED) is 0.183. The largest absolute Gasteiger partial charge is 2.00 e. The Balaban J connectivity index is 0.00000481. The second-order valence-electron chi connectivity index (χ2n) is 17.3. The zero-order chi connectivity index (χ0) is 44.2. The molecule has 8 aromatic rings. The third-order valence-electron chi connectivity index (χ3n) is 13.8. The first kappa shape index (κ1) is 43.2. The van der Waals surface area contributed by atoms with E-state index in [2.05, 4.69) is 6.07 Å². The van der Waals surface area contributed by atoms with Crippen LogP contribution in [-0.2, 0) is 32.3 Å². The predicted molar refractivity (Wildman–Crippen MR) is 270 cm³/mol. The maximum absolute atomic E-state index is 6.97. The molecule has 4 aliphatic heterocycles. The van der Waals surface area contributed by atoms with Crippen molar-refractivity contribution in [3.8, 4) is 57.1 Å². The number of benzene rings is 5. The van der Waals surface area contributed by atoms with Gasteiger partial charge in [-0.05, 0) is 63.7 Å². The number of nitrogens with zero attached hydrogens (tertiary/aromatic N) is 8. The Morgan fingerprint density at radius 1 is 0.515 bits per heavy atom. The zero-order valence-corrected chi connectivity index (χ0v) is 38.5. The SMILES string of the molecule is [B][11B]C1[11B]([B])C1([11B][B])Cc1cc(CC2([11B][B])[11B]([B])C2[11B][B])cc(Oc2cccc3c2-c2nc4nc(nc5[n-]c(nc6[n-]c(nc-3n2)c2ccccc62)c2ccccc52)-c2ccccc2-4)c1.[Zn+2]. The first-order valence-electron chi connectivity index (χ1n) is 21.4. The fourth-order valence-electron chi connectivity index (χ4n) is 10.1. The van der Waals surface area contributed by atoms with Gasteiger partial charge in [-0.15, -0.1) is 21.9 Å². The van der Waals surface area contributed by atoms with Crippen LogP contribution in [0.1, 0.15) is 11.1 Å². The van der Waals surface area contributed by atoms with Crippen LogP contribution in [0, 0.1) is 0 Å². The monoisotopic (exact) mass is 876 g/mol. The summed E-state index contributed by atoms with van der Waals surface area (Å²) in [5.41, 5.74) is 6.62. The van der Waals surface area contributed by atoms with Crippen LogP contribution in [0.25, 0.3) is 89.7 Å². The number of fused-ring (bicyclic) bond motifs is 20. The van der Waals surface area contributed by atoms with Gasteiger partial charge in [-0.2, -0.15) is 0 Å². The Bertz CT molecular complexity index is 3400. The summed E-state index contributed by atoms with van der Waals surface area (Å²) >= 11 is 0. The first-order valence-corrected chi connectivity index (χ1v) is 21.4. The third-order valence-corrected chi connectivity index (χ3v) is 13.8. The predicted octanol–water partition coefficient (Wildman–Crippen LogP) is 4.55. The summed E-state index contributed by atoms with van der Waals surface area (Å²) in [4.78, 5) is 40.6. The van der Waals surface area contributed by atoms with Crippen molar-refractivity contribution in [3.05, 3.63) is 120 Å². The molecule has 8 bridgehead atoms. The van der Waals surface area contributed by atoms with Crippen LogP contribution in [0.2, 0.25) is 21.9 Å². The molecular formula is C44H24B12N8OZn. The summed E-state index contributed by atoms with van der Waals surface area (Å²) in [7, 11) is 44.3. The minimum Gasteiger partial charge on any atom is -0.457 e. The van der Waals surface area contributed by atoms with E-state index in [1.165, 1.54) is 0 Å². The Morgan fingerprint density at radius 3 is 1.41 bits per heavy atom. The summed E-state index contributed by atoms with van der Waals surface area (Å²) in [6.45, 7) is -0.441. The fourth-order valence-corrected chi connectivity index (χ4v) is 10.1. The maximum Gasteiger partial charge on any atom is 2.00 e. The average molecular weight is 877 g/mol. The number of ether oxygens (including phenoxy) is 1. The van der Waals surface area contributed by atoms with Gasteiger partial charge in [0.15, 0.2) is 11.6 Å². The molecule has 0 N–H and O–H groups in total. The van der Waals surface area contributed by atoms with Crippen LogP contribution in [0.4, 0.5) is 0 Å². The molecule has 66 heavy (non-hydrogen) atoms. The van der Waals surface area contributed by atoms with E-state index < -0.39 is 10.4 Å². The van der Waals surface area contributed by atoms with Gasteiger partial charge in [0, 0.05) is 100 Å². The van der Waals surface area contributed by atoms with Gasteiger partial charge in [0.25, 0.3) is 0 Å². The molecule has 16 radical (unpaired) electrons. The van der Waals surface area contributed by atoms with Gasteiger partial charge in [-0.25, -0.2) is 15.0 Å². The van der Waals surface area contributed by atoms with Crippen molar-refractivity contribution in [2.24, 2.45) is 0 Å². The molecule has 4 aliphatic rings. The Kier molecular flexibility index (Phi) is 10.8.